The number of likely N-dealkylation sites (N-methyl/N-ethyl adjacent to an activating group) is 1. The molecule has 1 aromatic rings. The van der Waals surface area contributed by atoms with Crippen LogP contribution in [0.3, 0.4) is 0 Å². The number of nitrogens with two attached hydrogens (primary N) is 1. The Bertz CT molecular complexity index is 461. The van der Waals surface area contributed by atoms with E-state index in [0.29, 0.717) is 13.1 Å². The van der Waals surface area contributed by atoms with E-state index in [4.69, 9.17) is 5.73 Å². The van der Waals surface area contributed by atoms with Crippen LogP contribution in [-0.4, -0.2) is 30.9 Å². The van der Waals surface area contributed by atoms with Crippen molar-refractivity contribution in [2.75, 3.05) is 20.1 Å². The Hall–Kier alpha value is -1.49. The Balaban J connectivity index is 2.72. The van der Waals surface area contributed by atoms with E-state index in [-0.39, 0.29) is 23.3 Å². The highest BCUT2D eigenvalue weighted by Gasteiger charge is 2.22. The molecule has 1 rings (SSSR count). The van der Waals surface area contributed by atoms with Crippen LogP contribution < -0.4 is 5.73 Å². The van der Waals surface area contributed by atoms with Crippen LogP contribution in [0.2, 0.25) is 0 Å². The van der Waals surface area contributed by atoms with Crippen LogP contribution in [0.4, 0.5) is 8.78 Å². The molecule has 0 fully saturated rings. The van der Waals surface area contributed by atoms with Gasteiger partial charge in [0.05, 0.1) is 6.42 Å². The lowest BCUT2D eigenvalue weighted by Crippen LogP contribution is -2.40. The fourth-order valence-electron chi connectivity index (χ4n) is 1.78. The topological polar surface area (TPSA) is 46.3 Å². The van der Waals surface area contributed by atoms with Gasteiger partial charge in [0.15, 0.2) is 11.6 Å². The highest BCUT2D eigenvalue weighted by Crippen LogP contribution is 2.16. The first-order valence-electron chi connectivity index (χ1n) is 6.14. The molecule has 2 N–H and O–H groups in total. The van der Waals surface area contributed by atoms with Crippen molar-refractivity contribution in [1.29, 1.82) is 0 Å². The second-order valence-electron chi connectivity index (χ2n) is 5.51. The van der Waals surface area contributed by atoms with Crippen molar-refractivity contribution in [2.45, 2.75) is 20.3 Å². The van der Waals surface area contributed by atoms with Gasteiger partial charge in [-0.05, 0) is 18.0 Å². The third-order valence-corrected chi connectivity index (χ3v) is 3.02. The van der Waals surface area contributed by atoms with Crippen molar-refractivity contribution in [1.82, 2.24) is 4.90 Å². The number of hydrogen-bond donors (Lipinski definition) is 1. The second kappa shape index (κ2) is 6.10. The first kappa shape index (κ1) is 15.6. The summed E-state index contributed by atoms with van der Waals surface area (Å²) < 4.78 is 26.5. The van der Waals surface area contributed by atoms with E-state index < -0.39 is 11.6 Å². The predicted octanol–water partition coefficient (Wildman–Crippen LogP) is 1.95. The standard InChI is InChI=1S/C14H20F2N2O/c1-14(2,8-17)9-18(3)12(19)7-10-5-4-6-11(15)13(10)16/h4-6H,7-9,17H2,1-3H3. The van der Waals surface area contributed by atoms with Gasteiger partial charge in [-0.2, -0.15) is 0 Å². The average molecular weight is 270 g/mol. The Morgan fingerprint density at radius 3 is 2.58 bits per heavy atom. The normalized spacial score (nSPS) is 11.5. The molecule has 0 spiro atoms. The minimum Gasteiger partial charge on any atom is -0.345 e. The summed E-state index contributed by atoms with van der Waals surface area (Å²) in [6, 6.07) is 3.84. The monoisotopic (exact) mass is 270 g/mol. The van der Waals surface area contributed by atoms with Crippen LogP contribution in [0.1, 0.15) is 19.4 Å². The number of nitrogens with zero attached hydrogens (tertiary/aromatic N) is 1. The van der Waals surface area contributed by atoms with E-state index >= 15 is 0 Å². The summed E-state index contributed by atoms with van der Waals surface area (Å²) in [5.74, 6) is -2.15. The zero-order chi connectivity index (χ0) is 14.6. The molecule has 19 heavy (non-hydrogen) atoms. The van der Waals surface area contributed by atoms with Gasteiger partial charge in [-0.25, -0.2) is 8.78 Å². The molecule has 0 aliphatic heterocycles. The summed E-state index contributed by atoms with van der Waals surface area (Å²) in [6.07, 6.45) is -0.152. The Morgan fingerprint density at radius 1 is 1.37 bits per heavy atom. The van der Waals surface area contributed by atoms with Gasteiger partial charge in [-0.3, -0.25) is 4.79 Å². The first-order valence-corrected chi connectivity index (χ1v) is 6.14. The molecular formula is C14H20F2N2O. The third kappa shape index (κ3) is 4.28. The van der Waals surface area contributed by atoms with Crippen molar-refractivity contribution >= 4 is 5.91 Å². The van der Waals surface area contributed by atoms with Gasteiger partial charge in [-0.15, -0.1) is 0 Å². The maximum atomic E-state index is 13.5. The van der Waals surface area contributed by atoms with E-state index in [0.717, 1.165) is 6.07 Å². The Kier molecular flexibility index (Phi) is 5.00. The molecule has 0 saturated heterocycles. The highest BCUT2D eigenvalue weighted by molar-refractivity contribution is 5.78. The van der Waals surface area contributed by atoms with Gasteiger partial charge in [-0.1, -0.05) is 26.0 Å². The maximum absolute atomic E-state index is 13.5. The molecule has 0 bridgehead atoms. The molecule has 0 aliphatic carbocycles. The van der Waals surface area contributed by atoms with Crippen molar-refractivity contribution in [3.63, 3.8) is 0 Å². The molecule has 0 aliphatic rings. The molecule has 1 aromatic carbocycles. The van der Waals surface area contributed by atoms with Crippen LogP contribution in [0.15, 0.2) is 18.2 Å². The van der Waals surface area contributed by atoms with E-state index in [1.807, 2.05) is 13.8 Å². The van der Waals surface area contributed by atoms with Crippen LogP contribution in [0.5, 0.6) is 0 Å². The molecule has 0 saturated carbocycles. The molecular weight excluding hydrogens is 250 g/mol. The lowest BCUT2D eigenvalue weighted by atomic mass is 9.93. The molecule has 0 atom stereocenters. The number of benzene rings is 1. The molecule has 106 valence electrons. The zero-order valence-corrected chi connectivity index (χ0v) is 11.5. The largest absolute Gasteiger partial charge is 0.345 e. The summed E-state index contributed by atoms with van der Waals surface area (Å²) in [4.78, 5) is 13.5. The maximum Gasteiger partial charge on any atom is 0.226 e. The van der Waals surface area contributed by atoms with Gasteiger partial charge in [0, 0.05) is 19.2 Å². The molecule has 1 amide bonds. The molecule has 0 aromatic heterocycles. The van der Waals surface area contributed by atoms with Crippen LogP contribution in [0, 0.1) is 17.0 Å². The van der Waals surface area contributed by atoms with Gasteiger partial charge >= 0.3 is 0 Å². The zero-order valence-electron chi connectivity index (χ0n) is 11.5. The Morgan fingerprint density at radius 2 is 2.00 bits per heavy atom. The van der Waals surface area contributed by atoms with Crippen molar-refractivity contribution in [3.8, 4) is 0 Å². The smallest absolute Gasteiger partial charge is 0.226 e. The number of carbonyl (C=O) groups is 1. The number of amides is 1. The van der Waals surface area contributed by atoms with Crippen molar-refractivity contribution < 1.29 is 13.6 Å². The van der Waals surface area contributed by atoms with E-state index in [1.165, 1.54) is 17.0 Å². The van der Waals surface area contributed by atoms with E-state index in [2.05, 4.69) is 0 Å². The highest BCUT2D eigenvalue weighted by atomic mass is 19.2. The molecule has 0 heterocycles. The SMILES string of the molecule is CN(CC(C)(C)CN)C(=O)Cc1cccc(F)c1F. The van der Waals surface area contributed by atoms with Crippen LogP contribution in [-0.2, 0) is 11.2 Å². The molecule has 3 nitrogen and oxygen atoms in total. The number of halogens is 2. The summed E-state index contributed by atoms with van der Waals surface area (Å²) in [5.41, 5.74) is 5.47. The van der Waals surface area contributed by atoms with Gasteiger partial charge in [0.1, 0.15) is 0 Å². The number of rotatable bonds is 5. The first-order chi connectivity index (χ1) is 8.76. The summed E-state index contributed by atoms with van der Waals surface area (Å²) in [6.45, 7) is 4.80. The quantitative estimate of drug-likeness (QED) is 0.889. The summed E-state index contributed by atoms with van der Waals surface area (Å²) >= 11 is 0. The average Bonchev–Trinajstić information content (AvgIpc) is 2.34. The Labute approximate surface area is 112 Å². The van der Waals surface area contributed by atoms with Gasteiger partial charge in [0.2, 0.25) is 5.91 Å². The van der Waals surface area contributed by atoms with Crippen molar-refractivity contribution in [3.05, 3.63) is 35.4 Å². The van der Waals surface area contributed by atoms with Gasteiger partial charge in [0.25, 0.3) is 0 Å². The minimum absolute atomic E-state index is 0.0717. The molecule has 0 radical (unpaired) electrons. The van der Waals surface area contributed by atoms with Crippen LogP contribution >= 0.6 is 0 Å². The fraction of sp³-hybridized carbons (Fsp3) is 0.500. The number of carbonyl (C=O) groups excluding carboxylic acids is 1. The van der Waals surface area contributed by atoms with E-state index in [1.54, 1.807) is 7.05 Å². The lowest BCUT2D eigenvalue weighted by molar-refractivity contribution is -0.130. The van der Waals surface area contributed by atoms with E-state index in [9.17, 15) is 13.6 Å². The summed E-state index contributed by atoms with van der Waals surface area (Å²) in [7, 11) is 1.64. The second-order valence-corrected chi connectivity index (χ2v) is 5.51. The lowest BCUT2D eigenvalue weighted by Gasteiger charge is -2.29. The number of hydrogen-bond acceptors (Lipinski definition) is 2. The van der Waals surface area contributed by atoms with Crippen molar-refractivity contribution in [2.24, 2.45) is 11.1 Å². The minimum atomic E-state index is -0.956. The van der Waals surface area contributed by atoms with Gasteiger partial charge < -0.3 is 10.6 Å². The fourth-order valence-corrected chi connectivity index (χ4v) is 1.78. The molecule has 5 heteroatoms. The predicted molar refractivity (Wildman–Crippen MR) is 70.5 cm³/mol. The summed E-state index contributed by atoms with van der Waals surface area (Å²) in [5, 5.41) is 0. The molecule has 0 unspecified atom stereocenters. The third-order valence-electron chi connectivity index (χ3n) is 3.02. The van der Waals surface area contributed by atoms with Crippen LogP contribution in [0.25, 0.3) is 0 Å².